The van der Waals surface area contributed by atoms with Crippen LogP contribution in [0, 0.1) is 12.7 Å². The quantitative estimate of drug-likeness (QED) is 0.287. The molecule has 0 heterocycles. The van der Waals surface area contributed by atoms with Crippen molar-refractivity contribution in [3.8, 4) is 5.75 Å². The highest BCUT2D eigenvalue weighted by Crippen LogP contribution is 2.28. The number of carbonyl (C=O) groups excluding carboxylic acids is 1. The van der Waals surface area contributed by atoms with Gasteiger partial charge in [-0.1, -0.05) is 54.6 Å². The molecule has 0 bridgehead atoms. The molecule has 1 atom stereocenters. The van der Waals surface area contributed by atoms with Crippen molar-refractivity contribution in [3.05, 3.63) is 126 Å². The Morgan fingerprint density at radius 2 is 1.53 bits per heavy atom. The van der Waals surface area contributed by atoms with E-state index >= 15 is 0 Å². The van der Waals surface area contributed by atoms with Gasteiger partial charge in [-0.15, -0.1) is 0 Å². The van der Waals surface area contributed by atoms with E-state index in [2.05, 4.69) is 5.32 Å². The summed E-state index contributed by atoms with van der Waals surface area (Å²) in [6.45, 7) is 3.78. The molecule has 0 aliphatic heterocycles. The second-order valence-electron chi connectivity index (χ2n) is 8.66. The third-order valence-electron chi connectivity index (χ3n) is 6.06. The van der Waals surface area contributed by atoms with Gasteiger partial charge in [0.25, 0.3) is 10.0 Å². The van der Waals surface area contributed by atoms with E-state index < -0.39 is 34.3 Å². The summed E-state index contributed by atoms with van der Waals surface area (Å²) in [4.78, 5) is 13.4. The van der Waals surface area contributed by atoms with Gasteiger partial charge < -0.3 is 10.1 Å². The van der Waals surface area contributed by atoms with Gasteiger partial charge >= 0.3 is 0 Å². The standard InChI is InChI=1S/C30H29FN2O4S/c1-3-37-26-17-15-25(16-18-26)33(38(35,36)27-19-13-24(31)14-20-27)21-29(34)32-30(23-10-5-4-6-11-23)28-12-8-7-9-22(28)2/h4-20,30H,3,21H2,1-2H3,(H,32,34)/t30-/m0/s1. The van der Waals surface area contributed by atoms with Gasteiger partial charge in [-0.25, -0.2) is 12.8 Å². The number of rotatable bonds is 10. The smallest absolute Gasteiger partial charge is 0.264 e. The number of nitrogens with one attached hydrogen (secondary N) is 1. The lowest BCUT2D eigenvalue weighted by atomic mass is 9.95. The predicted octanol–water partition coefficient (Wildman–Crippen LogP) is 5.63. The summed E-state index contributed by atoms with van der Waals surface area (Å²) in [5, 5.41) is 3.03. The van der Waals surface area contributed by atoms with Gasteiger partial charge in [0.05, 0.1) is 23.2 Å². The van der Waals surface area contributed by atoms with E-state index in [-0.39, 0.29) is 10.6 Å². The van der Waals surface area contributed by atoms with Crippen LogP contribution in [-0.2, 0) is 14.8 Å². The number of sulfonamides is 1. The molecule has 0 aromatic heterocycles. The van der Waals surface area contributed by atoms with Gasteiger partial charge in [-0.2, -0.15) is 0 Å². The molecule has 1 amide bonds. The zero-order valence-corrected chi connectivity index (χ0v) is 22.0. The molecule has 0 aliphatic carbocycles. The molecule has 4 rings (SSSR count). The number of halogens is 1. The molecule has 38 heavy (non-hydrogen) atoms. The molecule has 0 saturated carbocycles. The van der Waals surface area contributed by atoms with Gasteiger partial charge in [-0.05, 0) is 79.1 Å². The van der Waals surface area contributed by atoms with Gasteiger partial charge in [0.2, 0.25) is 5.91 Å². The molecule has 0 fully saturated rings. The Kier molecular flexibility index (Phi) is 8.43. The van der Waals surface area contributed by atoms with Gasteiger partial charge in [0.1, 0.15) is 18.1 Å². The summed E-state index contributed by atoms with van der Waals surface area (Å²) in [7, 11) is -4.20. The van der Waals surface area contributed by atoms with Crippen LogP contribution in [0.3, 0.4) is 0 Å². The molecule has 6 nitrogen and oxygen atoms in total. The van der Waals surface area contributed by atoms with Crippen LogP contribution in [0.2, 0.25) is 0 Å². The van der Waals surface area contributed by atoms with Gasteiger partial charge in [-0.3, -0.25) is 9.10 Å². The van der Waals surface area contributed by atoms with Gasteiger partial charge in [0.15, 0.2) is 0 Å². The maximum atomic E-state index is 13.7. The van der Waals surface area contributed by atoms with Crippen LogP contribution in [-0.4, -0.2) is 27.5 Å². The predicted molar refractivity (Wildman–Crippen MR) is 146 cm³/mol. The summed E-state index contributed by atoms with van der Waals surface area (Å²) >= 11 is 0. The topological polar surface area (TPSA) is 75.7 Å². The molecule has 0 radical (unpaired) electrons. The minimum atomic E-state index is -4.20. The van der Waals surface area contributed by atoms with Gasteiger partial charge in [0, 0.05) is 0 Å². The monoisotopic (exact) mass is 532 g/mol. The van der Waals surface area contributed by atoms with Crippen LogP contribution in [0.25, 0.3) is 0 Å². The first-order valence-corrected chi connectivity index (χ1v) is 13.6. The molecule has 196 valence electrons. The SMILES string of the molecule is CCOc1ccc(N(CC(=O)N[C@@H](c2ccccc2)c2ccccc2C)S(=O)(=O)c2ccc(F)cc2)cc1. The number of ether oxygens (including phenoxy) is 1. The van der Waals surface area contributed by atoms with Crippen molar-refractivity contribution in [2.24, 2.45) is 0 Å². The lowest BCUT2D eigenvalue weighted by molar-refractivity contribution is -0.120. The first kappa shape index (κ1) is 26.9. The van der Waals surface area contributed by atoms with Crippen molar-refractivity contribution in [1.82, 2.24) is 5.32 Å². The van der Waals surface area contributed by atoms with Crippen LogP contribution in [0.5, 0.6) is 5.75 Å². The first-order chi connectivity index (χ1) is 18.3. The fourth-order valence-electron chi connectivity index (χ4n) is 4.16. The number of aryl methyl sites for hydroxylation is 1. The molecule has 4 aromatic carbocycles. The van der Waals surface area contributed by atoms with Crippen molar-refractivity contribution in [1.29, 1.82) is 0 Å². The Labute approximate surface area is 222 Å². The van der Waals surface area contributed by atoms with E-state index in [0.29, 0.717) is 12.4 Å². The Hall–Kier alpha value is -4.17. The van der Waals surface area contributed by atoms with E-state index in [4.69, 9.17) is 4.74 Å². The lowest BCUT2D eigenvalue weighted by Crippen LogP contribution is -2.42. The summed E-state index contributed by atoms with van der Waals surface area (Å²) in [6, 6.07) is 27.7. The van der Waals surface area contributed by atoms with Crippen LogP contribution in [0.15, 0.2) is 108 Å². The zero-order valence-electron chi connectivity index (χ0n) is 21.2. The number of nitrogens with zero attached hydrogens (tertiary/aromatic N) is 1. The average molecular weight is 533 g/mol. The Balaban J connectivity index is 1.69. The summed E-state index contributed by atoms with van der Waals surface area (Å²) < 4.78 is 47.4. The van der Waals surface area contributed by atoms with E-state index in [9.17, 15) is 17.6 Å². The fraction of sp³-hybridized carbons (Fsp3) is 0.167. The molecule has 0 unspecified atom stereocenters. The Morgan fingerprint density at radius 1 is 0.895 bits per heavy atom. The van der Waals surface area contributed by atoms with Crippen molar-refractivity contribution in [3.63, 3.8) is 0 Å². The van der Waals surface area contributed by atoms with Crippen molar-refractivity contribution >= 4 is 21.6 Å². The number of amides is 1. The highest BCUT2D eigenvalue weighted by atomic mass is 32.2. The maximum absolute atomic E-state index is 13.7. The highest BCUT2D eigenvalue weighted by Gasteiger charge is 2.29. The van der Waals surface area contributed by atoms with Crippen LogP contribution >= 0.6 is 0 Å². The molecule has 8 heteroatoms. The Morgan fingerprint density at radius 3 is 2.16 bits per heavy atom. The summed E-state index contributed by atoms with van der Waals surface area (Å²) in [5.74, 6) is -0.483. The number of hydrogen-bond acceptors (Lipinski definition) is 4. The average Bonchev–Trinajstić information content (AvgIpc) is 2.92. The summed E-state index contributed by atoms with van der Waals surface area (Å²) in [5.41, 5.74) is 3.04. The minimum absolute atomic E-state index is 0.126. The van der Waals surface area contributed by atoms with Crippen molar-refractivity contribution in [2.45, 2.75) is 24.8 Å². The van der Waals surface area contributed by atoms with Crippen molar-refractivity contribution < 1.29 is 22.3 Å². The van der Waals surface area contributed by atoms with E-state index in [1.807, 2.05) is 68.4 Å². The molecule has 0 saturated heterocycles. The molecular weight excluding hydrogens is 503 g/mol. The van der Waals surface area contributed by atoms with E-state index in [1.54, 1.807) is 24.3 Å². The highest BCUT2D eigenvalue weighted by molar-refractivity contribution is 7.92. The maximum Gasteiger partial charge on any atom is 0.264 e. The second-order valence-corrected chi connectivity index (χ2v) is 10.5. The minimum Gasteiger partial charge on any atom is -0.494 e. The van der Waals surface area contributed by atoms with Crippen LogP contribution in [0.4, 0.5) is 10.1 Å². The molecule has 0 aliphatic rings. The normalized spacial score (nSPS) is 12.0. The van der Waals surface area contributed by atoms with Crippen LogP contribution < -0.4 is 14.4 Å². The molecule has 4 aromatic rings. The Bertz CT molecular complexity index is 1480. The van der Waals surface area contributed by atoms with Crippen LogP contribution in [0.1, 0.15) is 29.7 Å². The van der Waals surface area contributed by atoms with E-state index in [0.717, 1.165) is 33.1 Å². The number of carbonyl (C=O) groups is 1. The molecule has 0 spiro atoms. The number of benzene rings is 4. The number of hydrogen-bond donors (Lipinski definition) is 1. The molecule has 1 N–H and O–H groups in total. The third kappa shape index (κ3) is 6.20. The van der Waals surface area contributed by atoms with E-state index in [1.165, 1.54) is 12.1 Å². The van der Waals surface area contributed by atoms with Crippen molar-refractivity contribution in [2.75, 3.05) is 17.5 Å². The number of anilines is 1. The first-order valence-electron chi connectivity index (χ1n) is 12.2. The largest absolute Gasteiger partial charge is 0.494 e. The lowest BCUT2D eigenvalue weighted by Gasteiger charge is -2.27. The molecular formula is C30H29FN2O4S. The third-order valence-corrected chi connectivity index (χ3v) is 7.85. The zero-order chi connectivity index (χ0) is 27.1. The fourth-order valence-corrected chi connectivity index (χ4v) is 5.58. The summed E-state index contributed by atoms with van der Waals surface area (Å²) in [6.07, 6.45) is 0. The second kappa shape index (κ2) is 11.9.